The van der Waals surface area contributed by atoms with Gasteiger partial charge in [0.2, 0.25) is 0 Å². The van der Waals surface area contributed by atoms with Gasteiger partial charge in [-0.3, -0.25) is 10.6 Å². The van der Waals surface area contributed by atoms with Gasteiger partial charge in [0, 0.05) is 27.5 Å². The van der Waals surface area contributed by atoms with Crippen LogP contribution in [-0.2, 0) is 9.47 Å². The number of carbonyl (C=O) groups is 2. The summed E-state index contributed by atoms with van der Waals surface area (Å²) in [5.41, 5.74) is 8.79. The van der Waals surface area contributed by atoms with Gasteiger partial charge in [0.25, 0.3) is 0 Å². The standard InChI is InChI=1S/C18H19N3O2.C16H13Cl2N3O2/c1-4-23-18(22)19-13-8-9-14-15(10-13)21-17(20-14)16-11(2)6-5-7-12(16)3;1-2-23-16(22)19-10-4-6-13-14(8-10)21-15(20-13)11-5-3-9(17)7-12(11)18/h5-10H,4H2,1-3H3,(H,19,22)(H,20,21);3-8H,2H2,1H3,(H,19,22)(H,20,21). The minimum absolute atomic E-state index is 0.317. The highest BCUT2D eigenvalue weighted by atomic mass is 35.5. The number of carbonyl (C=O) groups excluding carboxylic acids is 2. The Balaban J connectivity index is 0.000000181. The van der Waals surface area contributed by atoms with E-state index in [1.165, 1.54) is 11.1 Å². The summed E-state index contributed by atoms with van der Waals surface area (Å²) < 4.78 is 9.74. The molecule has 0 aliphatic carbocycles. The summed E-state index contributed by atoms with van der Waals surface area (Å²) in [6, 6.07) is 22.3. The third-order valence-electron chi connectivity index (χ3n) is 6.91. The molecule has 0 aliphatic rings. The normalized spacial score (nSPS) is 10.7. The fourth-order valence-electron chi connectivity index (χ4n) is 4.86. The first-order valence-electron chi connectivity index (χ1n) is 14.5. The number of aromatic amines is 2. The lowest BCUT2D eigenvalue weighted by Crippen LogP contribution is -2.13. The van der Waals surface area contributed by atoms with Crippen LogP contribution < -0.4 is 10.6 Å². The van der Waals surface area contributed by atoms with Crippen molar-refractivity contribution in [2.24, 2.45) is 0 Å². The van der Waals surface area contributed by atoms with E-state index in [0.29, 0.717) is 40.5 Å². The topological polar surface area (TPSA) is 134 Å². The molecule has 0 saturated carbocycles. The van der Waals surface area contributed by atoms with E-state index in [1.54, 1.807) is 50.2 Å². The number of nitrogens with zero attached hydrogens (tertiary/aromatic N) is 2. The molecule has 6 rings (SSSR count). The molecular formula is C34H32Cl2N6O4. The second-order valence-electron chi connectivity index (χ2n) is 10.2. The van der Waals surface area contributed by atoms with Crippen molar-refractivity contribution in [2.45, 2.75) is 27.7 Å². The molecule has 4 N–H and O–H groups in total. The Hall–Kier alpha value is -5.06. The molecule has 0 bridgehead atoms. The van der Waals surface area contributed by atoms with Crippen molar-refractivity contribution < 1.29 is 19.1 Å². The van der Waals surface area contributed by atoms with Crippen LogP contribution in [0.15, 0.2) is 72.8 Å². The fourth-order valence-corrected chi connectivity index (χ4v) is 5.36. The molecule has 2 heterocycles. The van der Waals surface area contributed by atoms with Crippen molar-refractivity contribution in [1.82, 2.24) is 19.9 Å². The van der Waals surface area contributed by atoms with Crippen LogP contribution in [0.1, 0.15) is 25.0 Å². The first-order chi connectivity index (χ1) is 22.1. The molecular weight excluding hydrogens is 627 g/mol. The van der Waals surface area contributed by atoms with Crippen LogP contribution in [0.25, 0.3) is 44.8 Å². The Kier molecular flexibility index (Phi) is 10.1. The van der Waals surface area contributed by atoms with Gasteiger partial charge in [-0.15, -0.1) is 0 Å². The molecule has 0 fully saturated rings. The maximum absolute atomic E-state index is 11.5. The lowest BCUT2D eigenvalue weighted by atomic mass is 10.0. The van der Waals surface area contributed by atoms with Gasteiger partial charge in [0.1, 0.15) is 11.6 Å². The lowest BCUT2D eigenvalue weighted by Gasteiger charge is -2.05. The molecule has 0 unspecified atom stereocenters. The van der Waals surface area contributed by atoms with Crippen molar-refractivity contribution in [3.05, 3.63) is 94.0 Å². The number of rotatable bonds is 6. The molecule has 6 aromatic rings. The number of aryl methyl sites for hydroxylation is 2. The molecule has 0 saturated heterocycles. The number of aromatic nitrogens is 4. The smallest absolute Gasteiger partial charge is 0.411 e. The highest BCUT2D eigenvalue weighted by Crippen LogP contribution is 2.31. The van der Waals surface area contributed by atoms with E-state index in [4.69, 9.17) is 32.7 Å². The summed E-state index contributed by atoms with van der Waals surface area (Å²) in [4.78, 5) is 38.7. The van der Waals surface area contributed by atoms with E-state index in [0.717, 1.165) is 39.0 Å². The molecule has 0 spiro atoms. The predicted octanol–water partition coefficient (Wildman–Crippen LogP) is 9.52. The number of ether oxygens (including phenoxy) is 2. The fraction of sp³-hybridized carbons (Fsp3) is 0.176. The summed E-state index contributed by atoms with van der Waals surface area (Å²) in [6.45, 7) is 8.33. The van der Waals surface area contributed by atoms with E-state index in [1.807, 2.05) is 24.3 Å². The highest BCUT2D eigenvalue weighted by Gasteiger charge is 2.13. The van der Waals surface area contributed by atoms with Gasteiger partial charge >= 0.3 is 12.2 Å². The van der Waals surface area contributed by atoms with E-state index in [9.17, 15) is 9.59 Å². The second-order valence-corrected chi connectivity index (χ2v) is 11.1. The zero-order valence-electron chi connectivity index (χ0n) is 25.6. The van der Waals surface area contributed by atoms with Crippen molar-refractivity contribution in [2.75, 3.05) is 23.8 Å². The number of hydrogen-bond donors (Lipinski definition) is 4. The second kappa shape index (κ2) is 14.4. The van der Waals surface area contributed by atoms with Crippen LogP contribution in [0.2, 0.25) is 10.0 Å². The monoisotopic (exact) mass is 658 g/mol. The highest BCUT2D eigenvalue weighted by molar-refractivity contribution is 6.36. The Morgan fingerprint density at radius 1 is 0.717 bits per heavy atom. The Labute approximate surface area is 275 Å². The van der Waals surface area contributed by atoms with Crippen LogP contribution in [0.3, 0.4) is 0 Å². The zero-order chi connectivity index (χ0) is 32.8. The maximum Gasteiger partial charge on any atom is 0.411 e. The summed E-state index contributed by atoms with van der Waals surface area (Å²) >= 11 is 12.1. The third-order valence-corrected chi connectivity index (χ3v) is 7.46. The zero-order valence-corrected chi connectivity index (χ0v) is 27.1. The van der Waals surface area contributed by atoms with Crippen molar-refractivity contribution in [3.8, 4) is 22.8 Å². The number of benzene rings is 4. The first kappa shape index (κ1) is 32.3. The van der Waals surface area contributed by atoms with E-state index in [-0.39, 0.29) is 0 Å². The minimum Gasteiger partial charge on any atom is -0.450 e. The van der Waals surface area contributed by atoms with Gasteiger partial charge in [-0.1, -0.05) is 41.4 Å². The van der Waals surface area contributed by atoms with E-state index >= 15 is 0 Å². The number of nitrogens with one attached hydrogen (secondary N) is 4. The average Bonchev–Trinajstić information content (AvgIpc) is 3.61. The Morgan fingerprint density at radius 3 is 1.76 bits per heavy atom. The van der Waals surface area contributed by atoms with Gasteiger partial charge in [0.15, 0.2) is 0 Å². The van der Waals surface area contributed by atoms with Crippen LogP contribution >= 0.6 is 23.2 Å². The molecule has 0 atom stereocenters. The largest absolute Gasteiger partial charge is 0.450 e. The van der Waals surface area contributed by atoms with Crippen LogP contribution in [-0.4, -0.2) is 45.3 Å². The van der Waals surface area contributed by atoms with Crippen LogP contribution in [0.4, 0.5) is 21.0 Å². The third kappa shape index (κ3) is 7.59. The van der Waals surface area contributed by atoms with Crippen LogP contribution in [0.5, 0.6) is 0 Å². The molecule has 4 aromatic carbocycles. The van der Waals surface area contributed by atoms with E-state index in [2.05, 4.69) is 56.5 Å². The SMILES string of the molecule is CCOC(=O)Nc1ccc2nc(-c3c(C)cccc3C)[nH]c2c1.CCOC(=O)Nc1ccc2nc(-c3ccc(Cl)cc3Cl)[nH]c2c1. The molecule has 236 valence electrons. The lowest BCUT2D eigenvalue weighted by molar-refractivity contribution is 0.167. The maximum atomic E-state index is 11.5. The molecule has 46 heavy (non-hydrogen) atoms. The van der Waals surface area contributed by atoms with Crippen LogP contribution in [0, 0.1) is 13.8 Å². The molecule has 0 aliphatic heterocycles. The number of anilines is 2. The Morgan fingerprint density at radius 2 is 1.24 bits per heavy atom. The summed E-state index contributed by atoms with van der Waals surface area (Å²) in [5.74, 6) is 1.47. The van der Waals surface area contributed by atoms with Gasteiger partial charge in [-0.2, -0.15) is 0 Å². The number of halogens is 2. The average molecular weight is 660 g/mol. The molecule has 2 amide bonds. The number of fused-ring (bicyclic) bond motifs is 2. The van der Waals surface area contributed by atoms with Gasteiger partial charge in [-0.05, 0) is 93.4 Å². The minimum atomic E-state index is -0.493. The molecule has 2 aromatic heterocycles. The molecule has 12 heteroatoms. The number of H-pyrrole nitrogens is 2. The summed E-state index contributed by atoms with van der Waals surface area (Å²) in [5, 5.41) is 6.43. The van der Waals surface area contributed by atoms with Crippen molar-refractivity contribution in [1.29, 1.82) is 0 Å². The van der Waals surface area contributed by atoms with E-state index < -0.39 is 12.2 Å². The van der Waals surface area contributed by atoms with Gasteiger partial charge in [0.05, 0.1) is 40.3 Å². The first-order valence-corrected chi connectivity index (χ1v) is 15.3. The number of hydrogen-bond acceptors (Lipinski definition) is 6. The van der Waals surface area contributed by atoms with Gasteiger partial charge < -0.3 is 19.4 Å². The van der Waals surface area contributed by atoms with Crippen molar-refractivity contribution >= 4 is 68.8 Å². The predicted molar refractivity (Wildman–Crippen MR) is 184 cm³/mol. The van der Waals surface area contributed by atoms with Crippen molar-refractivity contribution in [3.63, 3.8) is 0 Å². The molecule has 10 nitrogen and oxygen atoms in total. The number of amides is 2. The quantitative estimate of drug-likeness (QED) is 0.141. The summed E-state index contributed by atoms with van der Waals surface area (Å²) in [7, 11) is 0. The molecule has 0 radical (unpaired) electrons. The Bertz CT molecular complexity index is 2020. The number of imidazole rings is 2. The van der Waals surface area contributed by atoms with Gasteiger partial charge in [-0.25, -0.2) is 19.6 Å². The summed E-state index contributed by atoms with van der Waals surface area (Å²) in [6.07, 6.45) is -0.950.